The molecule has 2 N–H and O–H groups in total. The van der Waals surface area contributed by atoms with Gasteiger partial charge in [-0.2, -0.15) is 10.3 Å². The summed E-state index contributed by atoms with van der Waals surface area (Å²) in [6, 6.07) is 10.6. The zero-order valence-corrected chi connectivity index (χ0v) is 12.8. The molecule has 122 valence electrons. The molecule has 0 radical (unpaired) electrons. The number of rotatable bonds is 6. The van der Waals surface area contributed by atoms with Crippen molar-refractivity contribution in [1.82, 2.24) is 20.6 Å². The van der Waals surface area contributed by atoms with Crippen LogP contribution in [0.4, 0.5) is 5.95 Å². The Hall–Kier alpha value is -3.49. The van der Waals surface area contributed by atoms with E-state index in [-0.39, 0.29) is 11.9 Å². The molecule has 1 aromatic carbocycles. The highest BCUT2D eigenvalue weighted by atomic mass is 16.5. The summed E-state index contributed by atoms with van der Waals surface area (Å²) >= 11 is 0. The first kappa shape index (κ1) is 15.4. The van der Waals surface area contributed by atoms with Crippen molar-refractivity contribution in [2.75, 3.05) is 12.0 Å². The molecule has 0 unspecified atom stereocenters. The average molecular weight is 326 g/mol. The number of hydrazone groups is 1. The summed E-state index contributed by atoms with van der Waals surface area (Å²) in [6.07, 6.45) is 1.49. The molecule has 0 spiro atoms. The zero-order valence-electron chi connectivity index (χ0n) is 12.8. The number of carbonyl (C=O) groups is 1. The van der Waals surface area contributed by atoms with Gasteiger partial charge in [0.1, 0.15) is 11.5 Å². The van der Waals surface area contributed by atoms with E-state index in [9.17, 15) is 4.79 Å². The minimum atomic E-state index is -0.344. The Labute approximate surface area is 136 Å². The number of ether oxygens (including phenoxy) is 1. The number of nitrogens with one attached hydrogen (secondary N) is 2. The van der Waals surface area contributed by atoms with E-state index in [2.05, 4.69) is 31.2 Å². The van der Waals surface area contributed by atoms with E-state index >= 15 is 0 Å². The molecule has 0 aliphatic heterocycles. The second-order valence-electron chi connectivity index (χ2n) is 4.61. The average Bonchev–Trinajstić information content (AvgIpc) is 3.27. The van der Waals surface area contributed by atoms with Gasteiger partial charge in [-0.1, -0.05) is 17.2 Å². The fourth-order valence-corrected chi connectivity index (χ4v) is 1.93. The molecule has 2 heterocycles. The van der Waals surface area contributed by atoms with Crippen LogP contribution in [0.5, 0.6) is 0 Å². The summed E-state index contributed by atoms with van der Waals surface area (Å²) in [4.78, 5) is 11.6. The topological polar surface area (TPSA) is 118 Å². The first-order valence-electron chi connectivity index (χ1n) is 7.16. The number of aromatic nitrogens is 4. The van der Waals surface area contributed by atoms with E-state index in [1.54, 1.807) is 37.3 Å². The van der Waals surface area contributed by atoms with Gasteiger partial charge in [-0.3, -0.25) is 0 Å². The van der Waals surface area contributed by atoms with Crippen LogP contribution in [0.1, 0.15) is 23.0 Å². The van der Waals surface area contributed by atoms with Gasteiger partial charge in [0.25, 0.3) is 5.95 Å². The maximum absolute atomic E-state index is 11.6. The Morgan fingerprint density at radius 2 is 2.17 bits per heavy atom. The largest absolute Gasteiger partial charge is 0.462 e. The number of H-pyrrole nitrogens is 1. The summed E-state index contributed by atoms with van der Waals surface area (Å²) in [7, 11) is 0. The van der Waals surface area contributed by atoms with Crippen LogP contribution < -0.4 is 5.43 Å². The molecule has 9 heteroatoms. The lowest BCUT2D eigenvalue weighted by molar-refractivity contribution is 0.0526. The van der Waals surface area contributed by atoms with E-state index in [1.165, 1.54) is 6.21 Å². The zero-order chi connectivity index (χ0) is 16.8. The summed E-state index contributed by atoms with van der Waals surface area (Å²) in [5, 5.41) is 17.0. The molecule has 3 rings (SSSR count). The van der Waals surface area contributed by atoms with Crippen molar-refractivity contribution < 1.29 is 13.9 Å². The van der Waals surface area contributed by atoms with E-state index < -0.39 is 0 Å². The molecule has 0 saturated heterocycles. The van der Waals surface area contributed by atoms with E-state index in [0.29, 0.717) is 23.7 Å². The minimum absolute atomic E-state index is 0.257. The molecule has 0 fully saturated rings. The van der Waals surface area contributed by atoms with Crippen LogP contribution in [-0.4, -0.2) is 39.4 Å². The molecule has 0 amide bonds. The molecule has 24 heavy (non-hydrogen) atoms. The number of aromatic amines is 1. The van der Waals surface area contributed by atoms with Crippen molar-refractivity contribution in [2.24, 2.45) is 5.10 Å². The quantitative estimate of drug-likeness (QED) is 0.404. The number of benzene rings is 1. The fraction of sp³-hybridized carbons (Fsp3) is 0.133. The van der Waals surface area contributed by atoms with Gasteiger partial charge in [-0.05, 0) is 36.4 Å². The smallest absolute Gasteiger partial charge is 0.338 e. The van der Waals surface area contributed by atoms with Crippen molar-refractivity contribution in [3.8, 4) is 11.3 Å². The fourth-order valence-electron chi connectivity index (χ4n) is 1.93. The monoisotopic (exact) mass is 326 g/mol. The maximum Gasteiger partial charge on any atom is 0.338 e. The van der Waals surface area contributed by atoms with Gasteiger partial charge in [-0.15, -0.1) is 5.10 Å². The Kier molecular flexibility index (Phi) is 4.61. The van der Waals surface area contributed by atoms with Crippen molar-refractivity contribution >= 4 is 18.1 Å². The molecule has 0 bridgehead atoms. The third-order valence-electron chi connectivity index (χ3n) is 3.01. The Bertz CT molecular complexity index is 823. The summed E-state index contributed by atoms with van der Waals surface area (Å²) in [5.74, 6) is 1.12. The van der Waals surface area contributed by atoms with Crippen molar-refractivity contribution in [3.05, 3.63) is 47.7 Å². The van der Waals surface area contributed by atoms with Crippen LogP contribution in [0.3, 0.4) is 0 Å². The van der Waals surface area contributed by atoms with E-state index in [4.69, 9.17) is 9.15 Å². The normalized spacial score (nSPS) is 10.9. The number of esters is 1. The molecule has 0 aliphatic rings. The Balaban J connectivity index is 1.66. The van der Waals surface area contributed by atoms with Crippen molar-refractivity contribution in [2.45, 2.75) is 6.92 Å². The standard InChI is InChI=1S/C15H14N6O3/c1-2-23-14(22)11-5-3-10(4-6-11)13-8-7-12(24-13)9-16-17-15-18-20-21-19-15/h3-9H,2H2,1H3,(H2,17,18,19,20,21)/b16-9-. The Morgan fingerprint density at radius 3 is 2.88 bits per heavy atom. The number of hydrogen-bond acceptors (Lipinski definition) is 8. The minimum Gasteiger partial charge on any atom is -0.462 e. The lowest BCUT2D eigenvalue weighted by atomic mass is 10.1. The molecular formula is C15H14N6O3. The van der Waals surface area contributed by atoms with Crippen molar-refractivity contribution in [1.29, 1.82) is 0 Å². The molecule has 0 saturated carbocycles. The van der Waals surface area contributed by atoms with Gasteiger partial charge in [0.2, 0.25) is 0 Å². The third kappa shape index (κ3) is 3.64. The molecule has 9 nitrogen and oxygen atoms in total. The lowest BCUT2D eigenvalue weighted by Crippen LogP contribution is -2.03. The predicted molar refractivity (Wildman–Crippen MR) is 85.5 cm³/mol. The van der Waals surface area contributed by atoms with Crippen LogP contribution in [0.15, 0.2) is 45.9 Å². The number of nitrogens with zero attached hydrogens (tertiary/aromatic N) is 4. The summed E-state index contributed by atoms with van der Waals surface area (Å²) in [6.45, 7) is 2.12. The highest BCUT2D eigenvalue weighted by molar-refractivity contribution is 5.90. The summed E-state index contributed by atoms with van der Waals surface area (Å²) in [5.41, 5.74) is 3.94. The number of carbonyl (C=O) groups excluding carboxylic acids is 1. The van der Waals surface area contributed by atoms with Crippen LogP contribution in [0.25, 0.3) is 11.3 Å². The van der Waals surface area contributed by atoms with E-state index in [0.717, 1.165) is 5.56 Å². The van der Waals surface area contributed by atoms with Gasteiger partial charge in [0.15, 0.2) is 0 Å². The first-order chi connectivity index (χ1) is 11.8. The number of anilines is 1. The second-order valence-corrected chi connectivity index (χ2v) is 4.61. The van der Waals surface area contributed by atoms with Gasteiger partial charge >= 0.3 is 5.97 Å². The Morgan fingerprint density at radius 1 is 1.33 bits per heavy atom. The molecule has 0 aliphatic carbocycles. The van der Waals surface area contributed by atoms with Gasteiger partial charge in [0.05, 0.1) is 18.4 Å². The van der Waals surface area contributed by atoms with Crippen LogP contribution in [0, 0.1) is 0 Å². The second kappa shape index (κ2) is 7.18. The highest BCUT2D eigenvalue weighted by Crippen LogP contribution is 2.22. The molecular weight excluding hydrogens is 312 g/mol. The first-order valence-corrected chi connectivity index (χ1v) is 7.16. The lowest BCUT2D eigenvalue weighted by Gasteiger charge is -2.02. The van der Waals surface area contributed by atoms with Crippen LogP contribution in [-0.2, 0) is 4.74 Å². The van der Waals surface area contributed by atoms with Gasteiger partial charge in [0, 0.05) is 5.56 Å². The van der Waals surface area contributed by atoms with Gasteiger partial charge in [-0.25, -0.2) is 10.2 Å². The van der Waals surface area contributed by atoms with Crippen LogP contribution in [0.2, 0.25) is 0 Å². The SMILES string of the molecule is CCOC(=O)c1ccc(-c2ccc(/C=N\Nc3nn[nH]n3)o2)cc1. The maximum atomic E-state index is 11.6. The number of tetrazole rings is 1. The molecule has 0 atom stereocenters. The van der Waals surface area contributed by atoms with Crippen LogP contribution >= 0.6 is 0 Å². The van der Waals surface area contributed by atoms with Gasteiger partial charge < -0.3 is 9.15 Å². The molecule has 3 aromatic rings. The highest BCUT2D eigenvalue weighted by Gasteiger charge is 2.08. The number of hydrogen-bond donors (Lipinski definition) is 2. The van der Waals surface area contributed by atoms with Crippen molar-refractivity contribution in [3.63, 3.8) is 0 Å². The summed E-state index contributed by atoms with van der Waals surface area (Å²) < 4.78 is 10.6. The van der Waals surface area contributed by atoms with E-state index in [1.807, 2.05) is 6.07 Å². The predicted octanol–water partition coefficient (Wildman–Crippen LogP) is 2.08. The molecule has 2 aromatic heterocycles. The third-order valence-corrected chi connectivity index (χ3v) is 3.01. The number of furan rings is 1.